The molecule has 1 aliphatic heterocycles. The molecule has 0 aromatic heterocycles. The molecule has 1 aromatic rings. The summed E-state index contributed by atoms with van der Waals surface area (Å²) in [7, 11) is 0. The van der Waals surface area contributed by atoms with Crippen molar-refractivity contribution in [2.75, 3.05) is 32.7 Å². The van der Waals surface area contributed by atoms with Crippen LogP contribution in [0.5, 0.6) is 0 Å². The molecule has 0 radical (unpaired) electrons. The minimum atomic E-state index is 0.802. The first-order valence-electron chi connectivity index (χ1n) is 12.0. The number of hydrogen-bond donors (Lipinski definition) is 0. The second-order valence-electron chi connectivity index (χ2n) is 9.26. The lowest BCUT2D eigenvalue weighted by atomic mass is 9.82. The van der Waals surface area contributed by atoms with Crippen molar-refractivity contribution in [1.29, 1.82) is 0 Å². The van der Waals surface area contributed by atoms with Gasteiger partial charge in [0.05, 0.1) is 0 Å². The summed E-state index contributed by atoms with van der Waals surface area (Å²) in [6, 6.07) is 7.04. The van der Waals surface area contributed by atoms with Gasteiger partial charge in [0.2, 0.25) is 0 Å². The topological polar surface area (TPSA) is 6.48 Å². The summed E-state index contributed by atoms with van der Waals surface area (Å²) in [4.78, 5) is 5.38. The Morgan fingerprint density at radius 3 is 2.34 bits per heavy atom. The van der Waals surface area contributed by atoms with E-state index in [0.29, 0.717) is 0 Å². The SMILES string of the molecule is CCN(CC)[C@H]1CC[C@H](CCCN2CCC(Cc3cc(Cl)ccc3Br)CC2)CC1. The predicted octanol–water partition coefficient (Wildman–Crippen LogP) is 7.04. The Hall–Kier alpha value is -0.0900. The van der Waals surface area contributed by atoms with E-state index in [9.17, 15) is 0 Å². The molecule has 0 spiro atoms. The number of rotatable bonds is 9. The fourth-order valence-electron chi connectivity index (χ4n) is 5.57. The molecule has 1 heterocycles. The summed E-state index contributed by atoms with van der Waals surface area (Å²) >= 11 is 9.87. The van der Waals surface area contributed by atoms with E-state index in [1.165, 1.54) is 94.1 Å². The van der Waals surface area contributed by atoms with Crippen molar-refractivity contribution >= 4 is 27.5 Å². The smallest absolute Gasteiger partial charge is 0.0409 e. The van der Waals surface area contributed by atoms with Gasteiger partial charge in [-0.15, -0.1) is 0 Å². The molecule has 0 unspecified atom stereocenters. The maximum Gasteiger partial charge on any atom is 0.0409 e. The van der Waals surface area contributed by atoms with E-state index in [0.717, 1.165) is 29.3 Å². The molecule has 2 aliphatic rings. The van der Waals surface area contributed by atoms with Gasteiger partial charge in [-0.3, -0.25) is 0 Å². The van der Waals surface area contributed by atoms with E-state index in [1.54, 1.807) is 0 Å². The number of halogens is 2. The average molecular weight is 484 g/mol. The Morgan fingerprint density at radius 1 is 1.00 bits per heavy atom. The van der Waals surface area contributed by atoms with Gasteiger partial charge in [0.25, 0.3) is 0 Å². The zero-order valence-electron chi connectivity index (χ0n) is 18.5. The normalized spacial score (nSPS) is 24.3. The maximum atomic E-state index is 6.19. The van der Waals surface area contributed by atoms with Gasteiger partial charge in [0.1, 0.15) is 0 Å². The summed E-state index contributed by atoms with van der Waals surface area (Å²) in [5.74, 6) is 1.79. The van der Waals surface area contributed by atoms with Crippen LogP contribution in [-0.2, 0) is 6.42 Å². The first-order valence-corrected chi connectivity index (χ1v) is 13.2. The lowest BCUT2D eigenvalue weighted by Crippen LogP contribution is -2.38. The van der Waals surface area contributed by atoms with Gasteiger partial charge in [-0.05, 0) is 126 Å². The third-order valence-corrected chi connectivity index (χ3v) is 8.46. The van der Waals surface area contributed by atoms with Crippen LogP contribution in [0, 0.1) is 11.8 Å². The number of benzene rings is 1. The molecular formula is C25H40BrClN2. The highest BCUT2D eigenvalue weighted by molar-refractivity contribution is 9.10. The number of likely N-dealkylation sites (tertiary alicyclic amines) is 1. The molecule has 0 bridgehead atoms. The molecule has 0 atom stereocenters. The van der Waals surface area contributed by atoms with E-state index >= 15 is 0 Å². The van der Waals surface area contributed by atoms with Gasteiger partial charge in [-0.1, -0.05) is 41.4 Å². The Labute approximate surface area is 192 Å². The van der Waals surface area contributed by atoms with Gasteiger partial charge < -0.3 is 9.80 Å². The zero-order valence-corrected chi connectivity index (χ0v) is 20.9. The zero-order chi connectivity index (χ0) is 20.6. The van der Waals surface area contributed by atoms with Crippen LogP contribution in [0.2, 0.25) is 5.02 Å². The molecule has 1 aromatic carbocycles. The van der Waals surface area contributed by atoms with Crippen LogP contribution >= 0.6 is 27.5 Å². The molecule has 0 amide bonds. The highest BCUT2D eigenvalue weighted by Gasteiger charge is 2.25. The van der Waals surface area contributed by atoms with Gasteiger partial charge >= 0.3 is 0 Å². The fraction of sp³-hybridized carbons (Fsp3) is 0.760. The van der Waals surface area contributed by atoms with Crippen molar-refractivity contribution in [3.05, 3.63) is 33.3 Å². The fourth-order valence-corrected chi connectivity index (χ4v) is 6.17. The quantitative estimate of drug-likeness (QED) is 0.371. The summed E-state index contributed by atoms with van der Waals surface area (Å²) in [6.07, 6.45) is 12.4. The van der Waals surface area contributed by atoms with E-state index in [-0.39, 0.29) is 0 Å². The van der Waals surface area contributed by atoms with Crippen molar-refractivity contribution in [1.82, 2.24) is 9.80 Å². The second kappa shape index (κ2) is 12.1. The summed E-state index contributed by atoms with van der Waals surface area (Å²) in [6.45, 7) is 10.9. The highest BCUT2D eigenvalue weighted by Crippen LogP contribution is 2.31. The van der Waals surface area contributed by atoms with Gasteiger partial charge in [-0.25, -0.2) is 0 Å². The summed E-state index contributed by atoms with van der Waals surface area (Å²) in [5.41, 5.74) is 1.37. The van der Waals surface area contributed by atoms with Crippen LogP contribution in [0.15, 0.2) is 22.7 Å². The molecule has 2 nitrogen and oxygen atoms in total. The second-order valence-corrected chi connectivity index (χ2v) is 10.6. The monoisotopic (exact) mass is 482 g/mol. The first kappa shape index (κ1) is 23.6. The van der Waals surface area contributed by atoms with Gasteiger partial charge in [-0.2, -0.15) is 0 Å². The predicted molar refractivity (Wildman–Crippen MR) is 130 cm³/mol. The van der Waals surface area contributed by atoms with Crippen LogP contribution in [0.4, 0.5) is 0 Å². The summed E-state index contributed by atoms with van der Waals surface area (Å²) < 4.78 is 1.21. The lowest BCUT2D eigenvalue weighted by molar-refractivity contribution is 0.139. The standard InChI is InChI=1S/C25H40BrClN2/c1-3-29(4-2)24-10-7-20(8-11-24)6-5-15-28-16-13-21(14-17-28)18-22-19-23(27)9-12-25(22)26/h9,12,19-21,24H,3-8,10-11,13-18H2,1-2H3/t20-,24-. The molecule has 29 heavy (non-hydrogen) atoms. The molecule has 4 heteroatoms. The molecule has 0 N–H and O–H groups in total. The van der Waals surface area contributed by atoms with Crippen molar-refractivity contribution in [3.8, 4) is 0 Å². The minimum absolute atomic E-state index is 0.802. The largest absolute Gasteiger partial charge is 0.303 e. The lowest BCUT2D eigenvalue weighted by Gasteiger charge is -2.36. The Morgan fingerprint density at radius 2 is 1.69 bits per heavy atom. The summed E-state index contributed by atoms with van der Waals surface area (Å²) in [5, 5.41) is 0.853. The van der Waals surface area contributed by atoms with Crippen molar-refractivity contribution in [3.63, 3.8) is 0 Å². The van der Waals surface area contributed by atoms with E-state index < -0.39 is 0 Å². The highest BCUT2D eigenvalue weighted by atomic mass is 79.9. The average Bonchev–Trinajstić information content (AvgIpc) is 2.74. The Bertz CT molecular complexity index is 603. The molecule has 164 valence electrons. The van der Waals surface area contributed by atoms with E-state index in [4.69, 9.17) is 11.6 Å². The number of piperidine rings is 1. The number of hydrogen-bond acceptors (Lipinski definition) is 2. The van der Waals surface area contributed by atoms with Crippen molar-refractivity contribution in [2.45, 2.75) is 77.7 Å². The molecule has 1 saturated heterocycles. The van der Waals surface area contributed by atoms with Crippen LogP contribution in [0.25, 0.3) is 0 Å². The molecule has 2 fully saturated rings. The van der Waals surface area contributed by atoms with Crippen LogP contribution in [0.3, 0.4) is 0 Å². The van der Waals surface area contributed by atoms with E-state index in [1.807, 2.05) is 6.07 Å². The molecule has 1 aliphatic carbocycles. The number of nitrogens with zero attached hydrogens (tertiary/aromatic N) is 2. The molecular weight excluding hydrogens is 444 g/mol. The third-order valence-electron chi connectivity index (χ3n) is 7.46. The van der Waals surface area contributed by atoms with Crippen LogP contribution in [0.1, 0.15) is 70.8 Å². The third kappa shape index (κ3) is 7.23. The van der Waals surface area contributed by atoms with Crippen molar-refractivity contribution < 1.29 is 0 Å². The first-order chi connectivity index (χ1) is 14.1. The van der Waals surface area contributed by atoms with Gasteiger partial charge in [0.15, 0.2) is 0 Å². The Balaban J connectivity index is 1.30. The van der Waals surface area contributed by atoms with Gasteiger partial charge in [0, 0.05) is 15.5 Å². The van der Waals surface area contributed by atoms with Crippen LogP contribution < -0.4 is 0 Å². The molecule has 3 rings (SSSR count). The van der Waals surface area contributed by atoms with Crippen molar-refractivity contribution in [2.24, 2.45) is 11.8 Å². The van der Waals surface area contributed by atoms with E-state index in [2.05, 4.69) is 51.7 Å². The maximum absolute atomic E-state index is 6.19. The Kier molecular flexibility index (Phi) is 9.82. The minimum Gasteiger partial charge on any atom is -0.303 e. The molecule has 1 saturated carbocycles. The van der Waals surface area contributed by atoms with Crippen LogP contribution in [-0.4, -0.2) is 48.6 Å².